The minimum Gasteiger partial charge on any atom is -0.379 e. The van der Waals surface area contributed by atoms with Crippen LogP contribution < -0.4 is 5.32 Å². The third-order valence-electron chi connectivity index (χ3n) is 4.59. The van der Waals surface area contributed by atoms with Gasteiger partial charge in [0.15, 0.2) is 0 Å². The van der Waals surface area contributed by atoms with Gasteiger partial charge in [-0.05, 0) is 49.8 Å². The van der Waals surface area contributed by atoms with Gasteiger partial charge in [0.1, 0.15) is 0 Å². The molecule has 1 aliphatic carbocycles. The van der Waals surface area contributed by atoms with Gasteiger partial charge in [0.05, 0.1) is 18.1 Å². The fraction of sp³-hybridized carbons (Fsp3) is 0.706. The monoisotopic (exact) mass is 322 g/mol. The summed E-state index contributed by atoms with van der Waals surface area (Å²) in [6, 6.07) is 2.12. The van der Waals surface area contributed by atoms with Gasteiger partial charge in [-0.1, -0.05) is 6.92 Å². The molecule has 1 aromatic rings. The van der Waals surface area contributed by atoms with Gasteiger partial charge in [0.2, 0.25) is 0 Å². The van der Waals surface area contributed by atoms with Crippen LogP contribution in [0.2, 0.25) is 0 Å². The fourth-order valence-electron chi connectivity index (χ4n) is 3.23. The summed E-state index contributed by atoms with van der Waals surface area (Å²) >= 11 is 1.69. The molecular formula is C17H26N2O2S. The van der Waals surface area contributed by atoms with Gasteiger partial charge in [-0.3, -0.25) is 9.69 Å². The number of carbonyl (C=O) groups is 1. The van der Waals surface area contributed by atoms with Crippen LogP contribution in [0, 0.1) is 5.92 Å². The quantitative estimate of drug-likeness (QED) is 0.846. The van der Waals surface area contributed by atoms with Crippen LogP contribution in [0.5, 0.6) is 0 Å². The highest BCUT2D eigenvalue weighted by Gasteiger charge is 2.20. The highest BCUT2D eigenvalue weighted by Crippen LogP contribution is 2.32. The van der Waals surface area contributed by atoms with Crippen LogP contribution in [0.4, 0.5) is 0 Å². The van der Waals surface area contributed by atoms with E-state index in [4.69, 9.17) is 4.74 Å². The van der Waals surface area contributed by atoms with E-state index in [2.05, 4.69) is 23.2 Å². The van der Waals surface area contributed by atoms with Gasteiger partial charge in [0.25, 0.3) is 5.91 Å². The Kier molecular flexibility index (Phi) is 5.50. The number of nitrogens with one attached hydrogen (secondary N) is 1. The standard InChI is InChI=1S/C17H26N2O2S/c1-13-3-4-15-14(11-13)12-16(22-15)17(20)18-5-2-6-19-7-9-21-10-8-19/h12-13H,2-11H2,1H3,(H,18,20). The summed E-state index contributed by atoms with van der Waals surface area (Å²) in [4.78, 5) is 17.0. The lowest BCUT2D eigenvalue weighted by Crippen LogP contribution is -2.38. The number of hydrogen-bond acceptors (Lipinski definition) is 4. The van der Waals surface area contributed by atoms with Crippen LogP contribution in [-0.4, -0.2) is 50.2 Å². The van der Waals surface area contributed by atoms with Crippen LogP contribution >= 0.6 is 11.3 Å². The van der Waals surface area contributed by atoms with Gasteiger partial charge in [-0.15, -0.1) is 11.3 Å². The van der Waals surface area contributed by atoms with E-state index in [1.165, 1.54) is 16.9 Å². The van der Waals surface area contributed by atoms with Crippen LogP contribution in [0.15, 0.2) is 6.07 Å². The lowest BCUT2D eigenvalue weighted by Gasteiger charge is -2.26. The SMILES string of the molecule is CC1CCc2sc(C(=O)NCCCN3CCOCC3)cc2C1. The molecule has 5 heteroatoms. The third-order valence-corrected chi connectivity index (χ3v) is 5.83. The summed E-state index contributed by atoms with van der Waals surface area (Å²) in [6.45, 7) is 7.81. The Hall–Kier alpha value is -0.910. The topological polar surface area (TPSA) is 41.6 Å². The molecule has 1 unspecified atom stereocenters. The molecule has 1 N–H and O–H groups in total. The van der Waals surface area contributed by atoms with Crippen molar-refractivity contribution in [1.82, 2.24) is 10.2 Å². The zero-order valence-electron chi connectivity index (χ0n) is 13.4. The number of rotatable bonds is 5. The highest BCUT2D eigenvalue weighted by atomic mass is 32.1. The zero-order valence-corrected chi connectivity index (χ0v) is 14.2. The summed E-state index contributed by atoms with van der Waals surface area (Å²) < 4.78 is 5.34. The molecule has 1 atom stereocenters. The first-order valence-corrected chi connectivity index (χ1v) is 9.24. The van der Waals surface area contributed by atoms with E-state index in [0.29, 0.717) is 0 Å². The summed E-state index contributed by atoms with van der Waals surface area (Å²) in [5.41, 5.74) is 1.40. The van der Waals surface area contributed by atoms with Gasteiger partial charge in [-0.2, -0.15) is 0 Å². The molecular weight excluding hydrogens is 296 g/mol. The summed E-state index contributed by atoms with van der Waals surface area (Å²) in [7, 11) is 0. The molecule has 1 aliphatic heterocycles. The van der Waals surface area contributed by atoms with E-state index in [1.54, 1.807) is 11.3 Å². The number of thiophene rings is 1. The smallest absolute Gasteiger partial charge is 0.261 e. The molecule has 2 heterocycles. The molecule has 22 heavy (non-hydrogen) atoms. The summed E-state index contributed by atoms with van der Waals surface area (Å²) in [5.74, 6) is 0.862. The number of nitrogens with zero attached hydrogens (tertiary/aromatic N) is 1. The molecule has 0 spiro atoms. The van der Waals surface area contributed by atoms with Crippen LogP contribution in [0.3, 0.4) is 0 Å². The van der Waals surface area contributed by atoms with Crippen molar-refractivity contribution in [2.75, 3.05) is 39.4 Å². The van der Waals surface area contributed by atoms with Gasteiger partial charge < -0.3 is 10.1 Å². The fourth-order valence-corrected chi connectivity index (χ4v) is 4.36. The molecule has 3 rings (SSSR count). The van der Waals surface area contributed by atoms with Crippen molar-refractivity contribution in [2.45, 2.75) is 32.6 Å². The Labute approximate surface area is 136 Å². The van der Waals surface area contributed by atoms with E-state index in [-0.39, 0.29) is 5.91 Å². The molecule has 2 aliphatic rings. The molecule has 0 aromatic carbocycles. The molecule has 1 amide bonds. The maximum Gasteiger partial charge on any atom is 0.261 e. The Balaban J connectivity index is 1.42. The maximum absolute atomic E-state index is 12.3. The predicted octanol–water partition coefficient (Wildman–Crippen LogP) is 2.33. The Morgan fingerprint density at radius 2 is 2.27 bits per heavy atom. The number of carbonyl (C=O) groups excluding carboxylic acids is 1. The van der Waals surface area contributed by atoms with Gasteiger partial charge >= 0.3 is 0 Å². The summed E-state index contributed by atoms with van der Waals surface area (Å²) in [5, 5.41) is 3.07. The maximum atomic E-state index is 12.3. The Morgan fingerprint density at radius 3 is 3.09 bits per heavy atom. The number of aryl methyl sites for hydroxylation is 1. The van der Waals surface area contributed by atoms with Gasteiger partial charge in [0, 0.05) is 24.5 Å². The van der Waals surface area contributed by atoms with Crippen molar-refractivity contribution in [3.63, 3.8) is 0 Å². The Bertz CT molecular complexity index is 509. The van der Waals surface area contributed by atoms with Crippen molar-refractivity contribution in [3.8, 4) is 0 Å². The number of amides is 1. The average Bonchev–Trinajstić information content (AvgIpc) is 2.95. The van der Waals surface area contributed by atoms with Crippen LogP contribution in [-0.2, 0) is 17.6 Å². The van der Waals surface area contributed by atoms with E-state index >= 15 is 0 Å². The first-order valence-electron chi connectivity index (χ1n) is 8.42. The van der Waals surface area contributed by atoms with Gasteiger partial charge in [-0.25, -0.2) is 0 Å². The van der Waals surface area contributed by atoms with E-state index in [0.717, 1.165) is 69.5 Å². The number of ether oxygens (including phenoxy) is 1. The number of morpholine rings is 1. The van der Waals surface area contributed by atoms with Crippen molar-refractivity contribution >= 4 is 17.2 Å². The van der Waals surface area contributed by atoms with E-state index in [9.17, 15) is 4.79 Å². The lowest BCUT2D eigenvalue weighted by atomic mass is 9.90. The zero-order chi connectivity index (χ0) is 15.4. The highest BCUT2D eigenvalue weighted by molar-refractivity contribution is 7.14. The van der Waals surface area contributed by atoms with Crippen molar-refractivity contribution < 1.29 is 9.53 Å². The second kappa shape index (κ2) is 7.57. The molecule has 0 bridgehead atoms. The minimum absolute atomic E-state index is 0.106. The molecule has 1 saturated heterocycles. The first kappa shape index (κ1) is 16.0. The predicted molar refractivity (Wildman–Crippen MR) is 89.7 cm³/mol. The van der Waals surface area contributed by atoms with Crippen molar-refractivity contribution in [1.29, 1.82) is 0 Å². The minimum atomic E-state index is 0.106. The average molecular weight is 322 g/mol. The molecule has 0 radical (unpaired) electrons. The molecule has 0 saturated carbocycles. The normalized spacial score (nSPS) is 22.3. The van der Waals surface area contributed by atoms with Crippen LogP contribution in [0.1, 0.15) is 39.9 Å². The Morgan fingerprint density at radius 1 is 1.45 bits per heavy atom. The van der Waals surface area contributed by atoms with E-state index < -0.39 is 0 Å². The van der Waals surface area contributed by atoms with Crippen molar-refractivity contribution in [3.05, 3.63) is 21.4 Å². The largest absolute Gasteiger partial charge is 0.379 e. The molecule has 1 aromatic heterocycles. The molecule has 1 fully saturated rings. The third kappa shape index (κ3) is 4.09. The lowest BCUT2D eigenvalue weighted by molar-refractivity contribution is 0.0374. The second-order valence-corrected chi connectivity index (χ2v) is 7.61. The summed E-state index contributed by atoms with van der Waals surface area (Å²) in [6.07, 6.45) is 4.55. The molecule has 122 valence electrons. The molecule has 4 nitrogen and oxygen atoms in total. The number of hydrogen-bond donors (Lipinski definition) is 1. The van der Waals surface area contributed by atoms with Crippen molar-refractivity contribution in [2.24, 2.45) is 5.92 Å². The van der Waals surface area contributed by atoms with E-state index in [1.807, 2.05) is 0 Å². The second-order valence-electron chi connectivity index (χ2n) is 6.47. The van der Waals surface area contributed by atoms with Crippen LogP contribution in [0.25, 0.3) is 0 Å². The first-order chi connectivity index (χ1) is 10.7. The number of fused-ring (bicyclic) bond motifs is 1.